The Labute approximate surface area is 131 Å². The van der Waals surface area contributed by atoms with Crippen LogP contribution in [-0.4, -0.2) is 60.4 Å². The van der Waals surface area contributed by atoms with E-state index in [-0.39, 0.29) is 12.5 Å². The molecule has 2 heterocycles. The Kier molecular flexibility index (Phi) is 5.61. The maximum absolute atomic E-state index is 13.1. The molecule has 23 heavy (non-hydrogen) atoms. The molecule has 1 saturated heterocycles. The van der Waals surface area contributed by atoms with Gasteiger partial charge in [-0.1, -0.05) is 0 Å². The summed E-state index contributed by atoms with van der Waals surface area (Å²) in [6.07, 6.45) is 2.28. The molecule has 128 valence electrons. The highest BCUT2D eigenvalue weighted by atomic mass is 19.3. The fourth-order valence-corrected chi connectivity index (χ4v) is 2.14. The molecular formula is C13H19F2N5O3. The third-order valence-electron chi connectivity index (χ3n) is 3.26. The lowest BCUT2D eigenvalue weighted by molar-refractivity contribution is -0.122. The van der Waals surface area contributed by atoms with E-state index in [2.05, 4.69) is 21.0 Å². The van der Waals surface area contributed by atoms with E-state index < -0.39 is 30.8 Å². The minimum Gasteiger partial charge on any atom is -0.383 e. The number of methoxy groups -OCH3 is 1. The number of carbonyl (C=O) groups is 2. The molecule has 1 aliphatic heterocycles. The summed E-state index contributed by atoms with van der Waals surface area (Å²) in [5.41, 5.74) is 0.344. The first-order valence-corrected chi connectivity index (χ1v) is 7.10. The number of halogens is 2. The van der Waals surface area contributed by atoms with E-state index in [1.807, 2.05) is 0 Å². The van der Waals surface area contributed by atoms with Crippen molar-refractivity contribution in [3.8, 4) is 0 Å². The smallest absolute Gasteiger partial charge is 0.262 e. The first-order valence-electron chi connectivity index (χ1n) is 7.10. The fourth-order valence-electron chi connectivity index (χ4n) is 2.14. The summed E-state index contributed by atoms with van der Waals surface area (Å²) in [6.45, 7) is 0.276. The molecule has 1 fully saturated rings. The van der Waals surface area contributed by atoms with Crippen molar-refractivity contribution in [1.29, 1.82) is 0 Å². The van der Waals surface area contributed by atoms with Crippen molar-refractivity contribution >= 4 is 17.5 Å². The van der Waals surface area contributed by atoms with Gasteiger partial charge in [0.2, 0.25) is 11.8 Å². The van der Waals surface area contributed by atoms with Crippen molar-refractivity contribution in [1.82, 2.24) is 20.4 Å². The molecule has 0 radical (unpaired) electrons. The van der Waals surface area contributed by atoms with E-state index in [9.17, 15) is 18.4 Å². The number of carbonyl (C=O) groups excluding carboxylic acids is 2. The van der Waals surface area contributed by atoms with E-state index in [1.54, 1.807) is 0 Å². The number of ether oxygens (including phenoxy) is 1. The van der Waals surface area contributed by atoms with Gasteiger partial charge in [0.15, 0.2) is 0 Å². The zero-order chi connectivity index (χ0) is 16.9. The Morgan fingerprint density at radius 3 is 3.00 bits per heavy atom. The number of nitrogens with one attached hydrogen (secondary N) is 3. The summed E-state index contributed by atoms with van der Waals surface area (Å²) in [4.78, 5) is 23.5. The Hall–Kier alpha value is -2.07. The first-order chi connectivity index (χ1) is 10.9. The SMILES string of the molecule is COCCNC(=O)Cn1cc(NC(=O)C2CC(F)(F)CN2)cn1. The second-order valence-corrected chi connectivity index (χ2v) is 5.25. The van der Waals surface area contributed by atoms with Crippen LogP contribution in [0.3, 0.4) is 0 Å². The predicted molar refractivity (Wildman–Crippen MR) is 77.1 cm³/mol. The van der Waals surface area contributed by atoms with Crippen LogP contribution in [0.2, 0.25) is 0 Å². The zero-order valence-corrected chi connectivity index (χ0v) is 12.6. The summed E-state index contributed by atoms with van der Waals surface area (Å²) in [6, 6.07) is -0.939. The topological polar surface area (TPSA) is 97.3 Å². The minimum absolute atomic E-state index is 0.0145. The Bertz CT molecular complexity index is 564. The number of rotatable bonds is 7. The number of amides is 2. The average molecular weight is 331 g/mol. The number of hydrogen-bond donors (Lipinski definition) is 3. The quantitative estimate of drug-likeness (QED) is 0.590. The van der Waals surface area contributed by atoms with E-state index >= 15 is 0 Å². The number of alkyl halides is 2. The molecule has 8 nitrogen and oxygen atoms in total. The Balaban J connectivity index is 1.80. The third-order valence-corrected chi connectivity index (χ3v) is 3.26. The van der Waals surface area contributed by atoms with Gasteiger partial charge in [0.1, 0.15) is 6.54 Å². The van der Waals surface area contributed by atoms with Crippen molar-refractivity contribution in [3.05, 3.63) is 12.4 Å². The molecule has 2 rings (SSSR count). The molecular weight excluding hydrogens is 312 g/mol. The molecule has 0 bridgehead atoms. The van der Waals surface area contributed by atoms with Crippen LogP contribution < -0.4 is 16.0 Å². The van der Waals surface area contributed by atoms with Crippen LogP contribution >= 0.6 is 0 Å². The molecule has 1 atom stereocenters. The van der Waals surface area contributed by atoms with Crippen molar-refractivity contribution < 1.29 is 23.1 Å². The molecule has 1 aromatic rings. The maximum Gasteiger partial charge on any atom is 0.262 e. The lowest BCUT2D eigenvalue weighted by atomic mass is 10.2. The van der Waals surface area contributed by atoms with Gasteiger partial charge in [0.25, 0.3) is 5.92 Å². The van der Waals surface area contributed by atoms with E-state index in [1.165, 1.54) is 24.2 Å². The van der Waals surface area contributed by atoms with Crippen LogP contribution in [0.15, 0.2) is 12.4 Å². The number of hydrogen-bond acceptors (Lipinski definition) is 5. The highest BCUT2D eigenvalue weighted by molar-refractivity contribution is 5.95. The summed E-state index contributed by atoms with van der Waals surface area (Å²) < 4.78 is 32.3. The zero-order valence-electron chi connectivity index (χ0n) is 12.6. The summed E-state index contributed by atoms with van der Waals surface area (Å²) in [5.74, 6) is -3.67. The van der Waals surface area contributed by atoms with Gasteiger partial charge in [-0.2, -0.15) is 5.10 Å². The van der Waals surface area contributed by atoms with E-state index in [4.69, 9.17) is 4.74 Å². The lowest BCUT2D eigenvalue weighted by Gasteiger charge is -2.09. The predicted octanol–water partition coefficient (Wildman–Crippen LogP) is -0.419. The van der Waals surface area contributed by atoms with Crippen LogP contribution in [0, 0.1) is 0 Å². The molecule has 0 aromatic carbocycles. The molecule has 2 amide bonds. The van der Waals surface area contributed by atoms with Gasteiger partial charge in [-0.25, -0.2) is 8.78 Å². The second-order valence-electron chi connectivity index (χ2n) is 5.25. The van der Waals surface area contributed by atoms with Gasteiger partial charge in [-0.3, -0.25) is 19.6 Å². The molecule has 0 aliphatic carbocycles. The third kappa shape index (κ3) is 5.25. The molecule has 1 aromatic heterocycles. The number of nitrogens with zero attached hydrogens (tertiary/aromatic N) is 2. The molecule has 0 spiro atoms. The molecule has 1 aliphatic rings. The molecule has 1 unspecified atom stereocenters. The van der Waals surface area contributed by atoms with Crippen molar-refractivity contribution in [2.45, 2.75) is 24.9 Å². The van der Waals surface area contributed by atoms with Gasteiger partial charge in [0.05, 0.1) is 31.1 Å². The Morgan fingerprint density at radius 1 is 1.57 bits per heavy atom. The minimum atomic E-state index is -2.87. The van der Waals surface area contributed by atoms with Crippen LogP contribution in [0.4, 0.5) is 14.5 Å². The van der Waals surface area contributed by atoms with Crippen LogP contribution in [0.25, 0.3) is 0 Å². The highest BCUT2D eigenvalue weighted by Crippen LogP contribution is 2.25. The number of anilines is 1. The van der Waals surface area contributed by atoms with Gasteiger partial charge < -0.3 is 15.4 Å². The largest absolute Gasteiger partial charge is 0.383 e. The first kappa shape index (κ1) is 17.3. The van der Waals surface area contributed by atoms with Crippen molar-refractivity contribution in [2.24, 2.45) is 0 Å². The normalized spacial score (nSPS) is 19.5. The average Bonchev–Trinajstić information content (AvgIpc) is 3.05. The summed E-state index contributed by atoms with van der Waals surface area (Å²) in [7, 11) is 1.53. The molecule has 10 heteroatoms. The molecule has 0 saturated carbocycles. The molecule has 3 N–H and O–H groups in total. The van der Waals surface area contributed by atoms with Gasteiger partial charge in [-0.05, 0) is 0 Å². The number of aromatic nitrogens is 2. The highest BCUT2D eigenvalue weighted by Gasteiger charge is 2.42. The van der Waals surface area contributed by atoms with Gasteiger partial charge in [-0.15, -0.1) is 0 Å². The van der Waals surface area contributed by atoms with Crippen LogP contribution in [0.1, 0.15) is 6.42 Å². The summed E-state index contributed by atoms with van der Waals surface area (Å²) >= 11 is 0. The van der Waals surface area contributed by atoms with Crippen molar-refractivity contribution in [2.75, 3.05) is 32.1 Å². The fraction of sp³-hybridized carbons (Fsp3) is 0.615. The lowest BCUT2D eigenvalue weighted by Crippen LogP contribution is -2.35. The van der Waals surface area contributed by atoms with Gasteiger partial charge in [0, 0.05) is 26.3 Å². The summed E-state index contributed by atoms with van der Waals surface area (Å²) in [5, 5.41) is 11.5. The monoisotopic (exact) mass is 331 g/mol. The van der Waals surface area contributed by atoms with Crippen LogP contribution in [0.5, 0.6) is 0 Å². The van der Waals surface area contributed by atoms with E-state index in [0.29, 0.717) is 18.8 Å². The van der Waals surface area contributed by atoms with E-state index in [0.717, 1.165) is 0 Å². The van der Waals surface area contributed by atoms with Crippen LogP contribution in [-0.2, 0) is 20.9 Å². The van der Waals surface area contributed by atoms with Gasteiger partial charge >= 0.3 is 0 Å². The maximum atomic E-state index is 13.1. The van der Waals surface area contributed by atoms with Crippen molar-refractivity contribution in [3.63, 3.8) is 0 Å². The second kappa shape index (κ2) is 7.47. The standard InChI is InChI=1S/C13H19F2N5O3/c1-23-3-2-16-11(21)7-20-6-9(5-18-20)19-12(22)10-4-13(14,15)8-17-10/h5-6,10,17H,2-4,7-8H2,1H3,(H,16,21)(H,19,22). The Morgan fingerprint density at radius 2 is 2.35 bits per heavy atom.